The highest BCUT2D eigenvalue weighted by Crippen LogP contribution is 2.25. The summed E-state index contributed by atoms with van der Waals surface area (Å²) < 4.78 is 0. The Labute approximate surface area is 123 Å². The Hall–Kier alpha value is -1.32. The van der Waals surface area contributed by atoms with Crippen molar-refractivity contribution in [3.8, 4) is 0 Å². The predicted molar refractivity (Wildman–Crippen MR) is 79.9 cm³/mol. The lowest BCUT2D eigenvalue weighted by Gasteiger charge is -2.21. The number of halogens is 2. The number of rotatable bonds is 4. The molecule has 0 aliphatic heterocycles. The first-order chi connectivity index (χ1) is 9.11. The zero-order valence-electron chi connectivity index (χ0n) is 10.9. The molecule has 0 amide bonds. The number of benzene rings is 1. The van der Waals surface area contributed by atoms with Crippen molar-refractivity contribution in [2.75, 3.05) is 11.9 Å². The molecule has 0 saturated carbocycles. The second-order valence-corrected chi connectivity index (χ2v) is 5.07. The van der Waals surface area contributed by atoms with Gasteiger partial charge in [-0.3, -0.25) is 0 Å². The Morgan fingerprint density at radius 1 is 1.26 bits per heavy atom. The third kappa shape index (κ3) is 3.37. The molecule has 19 heavy (non-hydrogen) atoms. The Balaban J connectivity index is 2.25. The molecule has 0 saturated heterocycles. The van der Waals surface area contributed by atoms with Crippen molar-refractivity contribution in [1.82, 2.24) is 9.97 Å². The van der Waals surface area contributed by atoms with Crippen LogP contribution in [0.5, 0.6) is 0 Å². The monoisotopic (exact) mass is 295 g/mol. The van der Waals surface area contributed by atoms with Gasteiger partial charge >= 0.3 is 0 Å². The summed E-state index contributed by atoms with van der Waals surface area (Å²) in [4.78, 5) is 10.3. The molecule has 0 spiro atoms. The van der Waals surface area contributed by atoms with Crippen LogP contribution in [-0.2, 0) is 12.4 Å². The summed E-state index contributed by atoms with van der Waals surface area (Å²) in [6, 6.07) is 8.37. The number of hydrogen-bond donors (Lipinski definition) is 0. The molecule has 1 aromatic heterocycles. The molecule has 0 N–H and O–H groups in total. The Bertz CT molecular complexity index is 572. The number of aryl methyl sites for hydroxylation is 1. The van der Waals surface area contributed by atoms with Gasteiger partial charge in [-0.05, 0) is 12.5 Å². The molecular formula is C14H15Cl2N3. The van der Waals surface area contributed by atoms with E-state index >= 15 is 0 Å². The summed E-state index contributed by atoms with van der Waals surface area (Å²) in [5.74, 6) is 1.07. The maximum Gasteiger partial charge on any atom is 0.138 e. The van der Waals surface area contributed by atoms with E-state index in [0.29, 0.717) is 11.0 Å². The second-order valence-electron chi connectivity index (χ2n) is 4.45. The molecule has 100 valence electrons. The van der Waals surface area contributed by atoms with Gasteiger partial charge in [0.2, 0.25) is 0 Å². The zero-order chi connectivity index (χ0) is 13.8. The van der Waals surface area contributed by atoms with Gasteiger partial charge in [0.05, 0.1) is 5.88 Å². The predicted octanol–water partition coefficient (Wildman–Crippen LogP) is 3.81. The molecule has 1 aromatic carbocycles. The number of alkyl halides is 1. The van der Waals surface area contributed by atoms with E-state index in [9.17, 15) is 0 Å². The molecule has 0 fully saturated rings. The Morgan fingerprint density at radius 3 is 2.74 bits per heavy atom. The van der Waals surface area contributed by atoms with Crippen molar-refractivity contribution in [3.63, 3.8) is 0 Å². The summed E-state index contributed by atoms with van der Waals surface area (Å²) in [6.07, 6.45) is 1.46. The molecule has 3 nitrogen and oxygen atoms in total. The molecule has 0 bridgehead atoms. The second kappa shape index (κ2) is 6.22. The lowest BCUT2D eigenvalue weighted by atomic mass is 10.1. The molecule has 0 radical (unpaired) electrons. The molecule has 2 rings (SSSR count). The van der Waals surface area contributed by atoms with Crippen molar-refractivity contribution in [2.24, 2.45) is 0 Å². The fourth-order valence-electron chi connectivity index (χ4n) is 1.99. The summed E-state index contributed by atoms with van der Waals surface area (Å²) in [7, 11) is 1.97. The van der Waals surface area contributed by atoms with E-state index in [1.165, 1.54) is 17.5 Å². The van der Waals surface area contributed by atoms with Crippen LogP contribution in [0, 0.1) is 6.92 Å². The Morgan fingerprint density at radius 2 is 2.05 bits per heavy atom. The van der Waals surface area contributed by atoms with Gasteiger partial charge in [-0.25, -0.2) is 9.97 Å². The summed E-state index contributed by atoms with van der Waals surface area (Å²) in [6.45, 7) is 2.83. The average molecular weight is 296 g/mol. The lowest BCUT2D eigenvalue weighted by Crippen LogP contribution is -2.19. The fourth-order valence-corrected chi connectivity index (χ4v) is 2.49. The standard InChI is InChI=1S/C14H15Cl2N3/c1-10-4-3-5-11(6-10)8-19(2)14-12(7-15)13(16)17-9-18-14/h3-6,9H,7-8H2,1-2H3. The molecule has 5 heteroatoms. The average Bonchev–Trinajstić information content (AvgIpc) is 2.38. The molecule has 0 aliphatic carbocycles. The smallest absolute Gasteiger partial charge is 0.138 e. The van der Waals surface area contributed by atoms with Gasteiger partial charge in [0, 0.05) is 19.2 Å². The van der Waals surface area contributed by atoms with Crippen LogP contribution in [0.2, 0.25) is 5.15 Å². The number of anilines is 1. The molecule has 0 atom stereocenters. The van der Waals surface area contributed by atoms with E-state index in [-0.39, 0.29) is 0 Å². The minimum atomic E-state index is 0.299. The van der Waals surface area contributed by atoms with Crippen LogP contribution >= 0.6 is 23.2 Å². The van der Waals surface area contributed by atoms with E-state index < -0.39 is 0 Å². The first-order valence-electron chi connectivity index (χ1n) is 5.94. The topological polar surface area (TPSA) is 29.0 Å². The van der Waals surface area contributed by atoms with E-state index in [4.69, 9.17) is 23.2 Å². The van der Waals surface area contributed by atoms with Gasteiger partial charge in [0.25, 0.3) is 0 Å². The maximum absolute atomic E-state index is 6.04. The van der Waals surface area contributed by atoms with Crippen LogP contribution in [-0.4, -0.2) is 17.0 Å². The Kier molecular flexibility index (Phi) is 4.61. The van der Waals surface area contributed by atoms with E-state index in [2.05, 4.69) is 35.1 Å². The summed E-state index contributed by atoms with van der Waals surface area (Å²) >= 11 is 12.0. The van der Waals surface area contributed by atoms with Crippen molar-refractivity contribution in [2.45, 2.75) is 19.3 Å². The third-order valence-corrected chi connectivity index (χ3v) is 3.46. The summed E-state index contributed by atoms with van der Waals surface area (Å²) in [5.41, 5.74) is 3.22. The fraction of sp³-hybridized carbons (Fsp3) is 0.286. The van der Waals surface area contributed by atoms with Crippen molar-refractivity contribution in [3.05, 3.63) is 52.4 Å². The van der Waals surface area contributed by atoms with Crippen LogP contribution in [0.15, 0.2) is 30.6 Å². The highest BCUT2D eigenvalue weighted by molar-refractivity contribution is 6.31. The first kappa shape index (κ1) is 14.1. The number of hydrogen-bond acceptors (Lipinski definition) is 3. The van der Waals surface area contributed by atoms with Crippen LogP contribution in [0.1, 0.15) is 16.7 Å². The van der Waals surface area contributed by atoms with Gasteiger partial charge in [0.1, 0.15) is 17.3 Å². The van der Waals surface area contributed by atoms with Gasteiger partial charge in [-0.1, -0.05) is 41.4 Å². The molecule has 0 unspecified atom stereocenters. The third-order valence-electron chi connectivity index (χ3n) is 2.87. The van der Waals surface area contributed by atoms with Crippen LogP contribution in [0.4, 0.5) is 5.82 Å². The quantitative estimate of drug-likeness (QED) is 0.634. The summed E-state index contributed by atoms with van der Waals surface area (Å²) in [5, 5.41) is 0.413. The molecular weight excluding hydrogens is 281 g/mol. The first-order valence-corrected chi connectivity index (χ1v) is 6.85. The van der Waals surface area contributed by atoms with E-state index in [0.717, 1.165) is 17.9 Å². The van der Waals surface area contributed by atoms with Crippen LogP contribution in [0.25, 0.3) is 0 Å². The molecule has 0 aliphatic rings. The SMILES string of the molecule is Cc1cccc(CN(C)c2ncnc(Cl)c2CCl)c1. The normalized spacial score (nSPS) is 10.5. The van der Waals surface area contributed by atoms with Crippen molar-refractivity contribution < 1.29 is 0 Å². The van der Waals surface area contributed by atoms with Gasteiger partial charge in [0.15, 0.2) is 0 Å². The van der Waals surface area contributed by atoms with Crippen molar-refractivity contribution in [1.29, 1.82) is 0 Å². The van der Waals surface area contributed by atoms with E-state index in [1.807, 2.05) is 18.0 Å². The molecule has 1 heterocycles. The van der Waals surface area contributed by atoms with Crippen LogP contribution < -0.4 is 4.90 Å². The van der Waals surface area contributed by atoms with Crippen molar-refractivity contribution >= 4 is 29.0 Å². The largest absolute Gasteiger partial charge is 0.355 e. The number of nitrogens with zero attached hydrogens (tertiary/aromatic N) is 3. The van der Waals surface area contributed by atoms with E-state index in [1.54, 1.807) is 0 Å². The highest BCUT2D eigenvalue weighted by Gasteiger charge is 2.13. The minimum Gasteiger partial charge on any atom is -0.355 e. The van der Waals surface area contributed by atoms with Gasteiger partial charge < -0.3 is 4.90 Å². The van der Waals surface area contributed by atoms with Gasteiger partial charge in [-0.2, -0.15) is 0 Å². The minimum absolute atomic E-state index is 0.299. The number of aromatic nitrogens is 2. The molecule has 2 aromatic rings. The zero-order valence-corrected chi connectivity index (χ0v) is 12.4. The van der Waals surface area contributed by atoms with Gasteiger partial charge in [-0.15, -0.1) is 11.6 Å². The lowest BCUT2D eigenvalue weighted by molar-refractivity contribution is 0.879. The van der Waals surface area contributed by atoms with Crippen LogP contribution in [0.3, 0.4) is 0 Å². The maximum atomic E-state index is 6.04. The highest BCUT2D eigenvalue weighted by atomic mass is 35.5.